The molecule has 0 unspecified atom stereocenters. The van der Waals surface area contributed by atoms with Crippen molar-refractivity contribution in [3.05, 3.63) is 40.1 Å². The summed E-state index contributed by atoms with van der Waals surface area (Å²) in [6.07, 6.45) is 1.43. The quantitative estimate of drug-likeness (QED) is 0.593. The molecule has 1 aromatic carbocycles. The average molecular weight is 218 g/mol. The largest absolute Gasteiger partial charge is 0.396 e. The molecule has 0 amide bonds. The summed E-state index contributed by atoms with van der Waals surface area (Å²) in [5.41, 5.74) is 7.95. The van der Waals surface area contributed by atoms with Crippen molar-refractivity contribution in [2.45, 2.75) is 6.92 Å². The number of anilines is 1. The highest BCUT2D eigenvalue weighted by molar-refractivity contribution is 5.79. The number of rotatable bonds is 2. The zero-order valence-corrected chi connectivity index (χ0v) is 8.60. The number of nitrogens with zero attached hydrogens (tertiary/aromatic N) is 2. The Labute approximate surface area is 91.2 Å². The molecule has 0 saturated carbocycles. The molecule has 0 saturated heterocycles. The molecular formula is C10H10N4O2. The number of nitro benzene ring substituents is 1. The molecule has 6 heteroatoms. The van der Waals surface area contributed by atoms with Crippen molar-refractivity contribution >= 4 is 11.4 Å². The van der Waals surface area contributed by atoms with Gasteiger partial charge in [0.1, 0.15) is 0 Å². The third-order valence-corrected chi connectivity index (χ3v) is 2.29. The fraction of sp³-hybridized carbons (Fsp3) is 0.100. The molecule has 1 aromatic heterocycles. The molecular weight excluding hydrogens is 208 g/mol. The van der Waals surface area contributed by atoms with Gasteiger partial charge in [0.05, 0.1) is 28.1 Å². The van der Waals surface area contributed by atoms with Gasteiger partial charge in [0.2, 0.25) is 0 Å². The number of H-pyrrole nitrogens is 1. The Hall–Kier alpha value is -2.37. The van der Waals surface area contributed by atoms with Crippen LogP contribution in [0.1, 0.15) is 5.56 Å². The van der Waals surface area contributed by atoms with Crippen molar-refractivity contribution in [3.63, 3.8) is 0 Å². The van der Waals surface area contributed by atoms with Crippen molar-refractivity contribution in [1.29, 1.82) is 0 Å². The minimum Gasteiger partial charge on any atom is -0.396 e. The van der Waals surface area contributed by atoms with Crippen LogP contribution < -0.4 is 5.73 Å². The highest BCUT2D eigenvalue weighted by atomic mass is 16.6. The number of hydrogen-bond donors (Lipinski definition) is 2. The Morgan fingerprint density at radius 3 is 2.81 bits per heavy atom. The van der Waals surface area contributed by atoms with Crippen LogP contribution in [-0.2, 0) is 0 Å². The van der Waals surface area contributed by atoms with Crippen molar-refractivity contribution in [1.82, 2.24) is 10.2 Å². The van der Waals surface area contributed by atoms with Crippen LogP contribution in [-0.4, -0.2) is 15.1 Å². The maximum Gasteiger partial charge on any atom is 0.278 e. The van der Waals surface area contributed by atoms with E-state index >= 15 is 0 Å². The van der Waals surface area contributed by atoms with E-state index in [-0.39, 0.29) is 5.69 Å². The van der Waals surface area contributed by atoms with Crippen LogP contribution in [0.4, 0.5) is 11.4 Å². The molecule has 16 heavy (non-hydrogen) atoms. The van der Waals surface area contributed by atoms with Crippen LogP contribution in [0.3, 0.4) is 0 Å². The molecule has 0 atom stereocenters. The van der Waals surface area contributed by atoms with Crippen LogP contribution in [0.5, 0.6) is 0 Å². The maximum atomic E-state index is 10.9. The summed E-state index contributed by atoms with van der Waals surface area (Å²) in [7, 11) is 0. The molecule has 0 aliphatic carbocycles. The van der Waals surface area contributed by atoms with Gasteiger partial charge in [0.15, 0.2) is 0 Å². The van der Waals surface area contributed by atoms with Gasteiger partial charge in [-0.05, 0) is 18.6 Å². The van der Waals surface area contributed by atoms with Gasteiger partial charge in [-0.25, -0.2) is 0 Å². The Morgan fingerprint density at radius 1 is 1.50 bits per heavy atom. The number of benzene rings is 1. The van der Waals surface area contributed by atoms with Crippen LogP contribution in [0.25, 0.3) is 11.3 Å². The fourth-order valence-electron chi connectivity index (χ4n) is 1.52. The summed E-state index contributed by atoms with van der Waals surface area (Å²) in [4.78, 5) is 10.4. The van der Waals surface area contributed by atoms with Crippen molar-refractivity contribution < 1.29 is 4.92 Å². The van der Waals surface area contributed by atoms with Gasteiger partial charge in [-0.3, -0.25) is 15.2 Å². The smallest absolute Gasteiger partial charge is 0.278 e. The fourth-order valence-corrected chi connectivity index (χ4v) is 1.52. The standard InChI is InChI=1S/C10H10N4O2/c1-6-2-3-9(14(15)16)7(4-6)10-8(11)5-12-13-10/h2-5H,11H2,1H3,(H,12,13). The highest BCUT2D eigenvalue weighted by Gasteiger charge is 2.18. The maximum absolute atomic E-state index is 10.9. The van der Waals surface area contributed by atoms with Gasteiger partial charge < -0.3 is 5.73 Å². The third kappa shape index (κ3) is 1.60. The predicted octanol–water partition coefficient (Wildman–Crippen LogP) is 1.88. The van der Waals surface area contributed by atoms with Crippen LogP contribution in [0, 0.1) is 17.0 Å². The molecule has 0 fully saturated rings. The summed E-state index contributed by atoms with van der Waals surface area (Å²) in [6.45, 7) is 1.86. The Balaban J connectivity index is 2.67. The van der Waals surface area contributed by atoms with Crippen molar-refractivity contribution in [3.8, 4) is 11.3 Å². The van der Waals surface area contributed by atoms with Crippen LogP contribution in [0.2, 0.25) is 0 Å². The summed E-state index contributed by atoms with van der Waals surface area (Å²) in [5.74, 6) is 0. The Bertz CT molecular complexity index is 548. The van der Waals surface area contributed by atoms with E-state index in [4.69, 9.17) is 5.73 Å². The van der Waals surface area contributed by atoms with E-state index in [0.29, 0.717) is 16.9 Å². The SMILES string of the molecule is Cc1ccc([N+](=O)[O-])c(-c2[nH]ncc2N)c1. The summed E-state index contributed by atoms with van der Waals surface area (Å²) >= 11 is 0. The van der Waals surface area contributed by atoms with Gasteiger partial charge in [-0.15, -0.1) is 0 Å². The number of nitrogens with two attached hydrogens (primary N) is 1. The lowest BCUT2D eigenvalue weighted by Crippen LogP contribution is -1.95. The second-order valence-electron chi connectivity index (χ2n) is 3.48. The monoisotopic (exact) mass is 218 g/mol. The van der Waals surface area contributed by atoms with Gasteiger partial charge >= 0.3 is 0 Å². The summed E-state index contributed by atoms with van der Waals surface area (Å²) in [5, 5.41) is 17.3. The molecule has 0 bridgehead atoms. The Kier molecular flexibility index (Phi) is 2.32. The minimum absolute atomic E-state index is 0.0153. The van der Waals surface area contributed by atoms with Crippen LogP contribution >= 0.6 is 0 Å². The molecule has 6 nitrogen and oxygen atoms in total. The number of aromatic amines is 1. The first-order valence-corrected chi connectivity index (χ1v) is 4.64. The first kappa shape index (κ1) is 10.2. The van der Waals surface area contributed by atoms with Crippen molar-refractivity contribution in [2.24, 2.45) is 0 Å². The molecule has 1 heterocycles. The lowest BCUT2D eigenvalue weighted by Gasteiger charge is -2.02. The van der Waals surface area contributed by atoms with E-state index in [1.165, 1.54) is 12.3 Å². The van der Waals surface area contributed by atoms with Gasteiger partial charge in [-0.1, -0.05) is 6.07 Å². The first-order chi connectivity index (χ1) is 7.59. The lowest BCUT2D eigenvalue weighted by molar-refractivity contribution is -0.384. The third-order valence-electron chi connectivity index (χ3n) is 2.29. The molecule has 2 aromatic rings. The average Bonchev–Trinajstić information content (AvgIpc) is 2.63. The lowest BCUT2D eigenvalue weighted by atomic mass is 10.1. The van der Waals surface area contributed by atoms with Crippen LogP contribution in [0.15, 0.2) is 24.4 Å². The summed E-state index contributed by atoms with van der Waals surface area (Å²) in [6, 6.07) is 4.86. The molecule has 82 valence electrons. The van der Waals surface area contributed by atoms with E-state index in [1.54, 1.807) is 12.1 Å². The number of nitrogens with one attached hydrogen (secondary N) is 1. The zero-order chi connectivity index (χ0) is 11.7. The van der Waals surface area contributed by atoms with Gasteiger partial charge in [-0.2, -0.15) is 5.10 Å². The first-order valence-electron chi connectivity index (χ1n) is 4.64. The second kappa shape index (κ2) is 3.65. The molecule has 0 radical (unpaired) electrons. The molecule has 0 spiro atoms. The summed E-state index contributed by atoms with van der Waals surface area (Å²) < 4.78 is 0. The van der Waals surface area contributed by atoms with E-state index in [0.717, 1.165) is 5.56 Å². The molecule has 0 aliphatic rings. The number of hydrogen-bond acceptors (Lipinski definition) is 4. The van der Waals surface area contributed by atoms with Gasteiger partial charge in [0.25, 0.3) is 5.69 Å². The van der Waals surface area contributed by atoms with E-state index in [9.17, 15) is 10.1 Å². The Morgan fingerprint density at radius 2 is 2.25 bits per heavy atom. The molecule has 0 aliphatic heterocycles. The van der Waals surface area contributed by atoms with E-state index in [2.05, 4.69) is 10.2 Å². The topological polar surface area (TPSA) is 97.8 Å². The second-order valence-corrected chi connectivity index (χ2v) is 3.48. The van der Waals surface area contributed by atoms with Gasteiger partial charge in [0, 0.05) is 6.07 Å². The van der Waals surface area contributed by atoms with E-state index in [1.807, 2.05) is 6.92 Å². The van der Waals surface area contributed by atoms with Crippen molar-refractivity contribution in [2.75, 3.05) is 5.73 Å². The normalized spacial score (nSPS) is 10.3. The number of nitrogen functional groups attached to an aromatic ring is 1. The zero-order valence-electron chi connectivity index (χ0n) is 8.60. The number of aryl methyl sites for hydroxylation is 1. The highest BCUT2D eigenvalue weighted by Crippen LogP contribution is 2.32. The molecule has 3 N–H and O–H groups in total. The minimum atomic E-state index is -0.435. The number of nitro groups is 1. The predicted molar refractivity (Wildman–Crippen MR) is 59.8 cm³/mol. The molecule has 2 rings (SSSR count). The van der Waals surface area contributed by atoms with E-state index < -0.39 is 4.92 Å². The number of aromatic nitrogens is 2.